The zero-order valence-corrected chi connectivity index (χ0v) is 15.2. The SMILES string of the molecule is CC(=O)N(CC(=O)NCCCN(C)C)c1ccc(C)cc1Br. The van der Waals surface area contributed by atoms with Crippen molar-refractivity contribution in [1.29, 1.82) is 0 Å². The van der Waals surface area contributed by atoms with Gasteiger partial charge in [-0.3, -0.25) is 9.59 Å². The highest BCUT2D eigenvalue weighted by Gasteiger charge is 2.17. The van der Waals surface area contributed by atoms with Gasteiger partial charge in [-0.25, -0.2) is 0 Å². The standard InChI is InChI=1S/C16H24BrN3O2/c1-12-6-7-15(14(17)10-12)20(13(2)21)11-16(22)18-8-5-9-19(3)4/h6-7,10H,5,8-9,11H2,1-4H3,(H,18,22). The van der Waals surface area contributed by atoms with Crippen LogP contribution in [0.2, 0.25) is 0 Å². The number of hydrogen-bond donors (Lipinski definition) is 1. The number of nitrogens with zero attached hydrogens (tertiary/aromatic N) is 2. The van der Waals surface area contributed by atoms with Crippen LogP contribution < -0.4 is 10.2 Å². The van der Waals surface area contributed by atoms with E-state index in [0.717, 1.165) is 23.0 Å². The van der Waals surface area contributed by atoms with E-state index >= 15 is 0 Å². The fraction of sp³-hybridized carbons (Fsp3) is 0.500. The number of nitrogens with one attached hydrogen (secondary N) is 1. The molecule has 122 valence electrons. The third-order valence-electron chi connectivity index (χ3n) is 3.18. The Morgan fingerprint density at radius 1 is 1.27 bits per heavy atom. The Balaban J connectivity index is 2.65. The minimum absolute atomic E-state index is 0.0267. The molecule has 0 radical (unpaired) electrons. The first-order valence-electron chi connectivity index (χ1n) is 7.27. The van der Waals surface area contributed by atoms with Gasteiger partial charge in [0.15, 0.2) is 0 Å². The summed E-state index contributed by atoms with van der Waals surface area (Å²) in [5.74, 6) is -0.311. The lowest BCUT2D eigenvalue weighted by atomic mass is 10.2. The van der Waals surface area contributed by atoms with E-state index in [9.17, 15) is 9.59 Å². The van der Waals surface area contributed by atoms with Crippen molar-refractivity contribution in [3.63, 3.8) is 0 Å². The van der Waals surface area contributed by atoms with E-state index in [4.69, 9.17) is 0 Å². The summed E-state index contributed by atoms with van der Waals surface area (Å²) >= 11 is 3.45. The Bertz CT molecular complexity index is 532. The summed E-state index contributed by atoms with van der Waals surface area (Å²) in [5.41, 5.74) is 1.80. The van der Waals surface area contributed by atoms with E-state index < -0.39 is 0 Å². The van der Waals surface area contributed by atoms with Gasteiger partial charge in [-0.2, -0.15) is 0 Å². The van der Waals surface area contributed by atoms with Crippen LogP contribution in [-0.2, 0) is 9.59 Å². The van der Waals surface area contributed by atoms with Crippen molar-refractivity contribution in [2.75, 3.05) is 38.6 Å². The van der Waals surface area contributed by atoms with Crippen LogP contribution in [0.1, 0.15) is 18.9 Å². The molecule has 6 heteroatoms. The van der Waals surface area contributed by atoms with Gasteiger partial charge in [0.2, 0.25) is 11.8 Å². The second-order valence-electron chi connectivity index (χ2n) is 5.57. The minimum atomic E-state index is -0.159. The van der Waals surface area contributed by atoms with Gasteiger partial charge in [0.1, 0.15) is 6.54 Å². The maximum absolute atomic E-state index is 12.0. The molecule has 0 saturated heterocycles. The molecule has 0 aliphatic rings. The van der Waals surface area contributed by atoms with Gasteiger partial charge in [0, 0.05) is 17.9 Å². The fourth-order valence-corrected chi connectivity index (χ4v) is 2.73. The predicted molar refractivity (Wildman–Crippen MR) is 93.1 cm³/mol. The molecule has 0 spiro atoms. The average molecular weight is 370 g/mol. The Morgan fingerprint density at radius 2 is 1.95 bits per heavy atom. The summed E-state index contributed by atoms with van der Waals surface area (Å²) in [5, 5.41) is 2.85. The number of rotatable bonds is 7. The van der Waals surface area contributed by atoms with Gasteiger partial charge in [0.05, 0.1) is 5.69 Å². The van der Waals surface area contributed by atoms with Gasteiger partial charge in [-0.15, -0.1) is 0 Å². The maximum atomic E-state index is 12.0. The van der Waals surface area contributed by atoms with Crippen molar-refractivity contribution < 1.29 is 9.59 Å². The number of benzene rings is 1. The molecule has 1 aromatic rings. The smallest absolute Gasteiger partial charge is 0.240 e. The molecule has 0 unspecified atom stereocenters. The number of halogens is 1. The largest absolute Gasteiger partial charge is 0.355 e. The van der Waals surface area contributed by atoms with Gasteiger partial charge in [-0.05, 0) is 67.6 Å². The topological polar surface area (TPSA) is 52.7 Å². The molecule has 0 aliphatic carbocycles. The Morgan fingerprint density at radius 3 is 2.50 bits per heavy atom. The third-order valence-corrected chi connectivity index (χ3v) is 3.82. The first-order valence-corrected chi connectivity index (χ1v) is 8.06. The first kappa shape index (κ1) is 18.6. The molecule has 2 amide bonds. The van der Waals surface area contributed by atoms with Crippen LogP contribution >= 0.6 is 15.9 Å². The molecule has 1 rings (SSSR count). The molecule has 22 heavy (non-hydrogen) atoms. The molecule has 0 aromatic heterocycles. The predicted octanol–water partition coefficient (Wildman–Crippen LogP) is 2.18. The summed E-state index contributed by atoms with van der Waals surface area (Å²) < 4.78 is 0.808. The zero-order chi connectivity index (χ0) is 16.7. The molecular weight excluding hydrogens is 346 g/mol. The van der Waals surface area contributed by atoms with Crippen molar-refractivity contribution in [2.45, 2.75) is 20.3 Å². The normalized spacial score (nSPS) is 10.6. The van der Waals surface area contributed by atoms with Crippen molar-refractivity contribution in [2.24, 2.45) is 0 Å². The van der Waals surface area contributed by atoms with E-state index in [1.54, 1.807) is 0 Å². The minimum Gasteiger partial charge on any atom is -0.355 e. The lowest BCUT2D eigenvalue weighted by molar-refractivity contribution is -0.123. The van der Waals surface area contributed by atoms with Crippen LogP contribution in [0.25, 0.3) is 0 Å². The third kappa shape index (κ3) is 6.15. The number of aryl methyl sites for hydroxylation is 1. The monoisotopic (exact) mass is 369 g/mol. The molecule has 1 N–H and O–H groups in total. The fourth-order valence-electron chi connectivity index (χ4n) is 2.02. The summed E-state index contributed by atoms with van der Waals surface area (Å²) in [4.78, 5) is 27.4. The molecule has 0 heterocycles. The van der Waals surface area contributed by atoms with E-state index in [1.807, 2.05) is 39.2 Å². The van der Waals surface area contributed by atoms with Crippen LogP contribution in [0.3, 0.4) is 0 Å². The highest BCUT2D eigenvalue weighted by Crippen LogP contribution is 2.27. The molecule has 5 nitrogen and oxygen atoms in total. The van der Waals surface area contributed by atoms with Crippen LogP contribution in [0.5, 0.6) is 0 Å². The van der Waals surface area contributed by atoms with Crippen molar-refractivity contribution in [1.82, 2.24) is 10.2 Å². The van der Waals surface area contributed by atoms with Crippen LogP contribution in [0.4, 0.5) is 5.69 Å². The van der Waals surface area contributed by atoms with E-state index in [2.05, 4.69) is 26.1 Å². The number of amides is 2. The van der Waals surface area contributed by atoms with E-state index in [1.165, 1.54) is 11.8 Å². The zero-order valence-electron chi connectivity index (χ0n) is 13.6. The molecule has 0 bridgehead atoms. The van der Waals surface area contributed by atoms with Crippen LogP contribution in [0.15, 0.2) is 22.7 Å². The number of carbonyl (C=O) groups is 2. The average Bonchev–Trinajstić information content (AvgIpc) is 2.41. The van der Waals surface area contributed by atoms with Crippen molar-refractivity contribution >= 4 is 33.4 Å². The lowest BCUT2D eigenvalue weighted by Crippen LogP contribution is -2.40. The highest BCUT2D eigenvalue weighted by atomic mass is 79.9. The van der Waals surface area contributed by atoms with Gasteiger partial charge in [0.25, 0.3) is 0 Å². The second kappa shape index (κ2) is 8.90. The molecule has 0 fully saturated rings. The molecule has 0 atom stereocenters. The van der Waals surface area contributed by atoms with Crippen LogP contribution in [-0.4, -0.2) is 50.4 Å². The second-order valence-corrected chi connectivity index (χ2v) is 6.42. The highest BCUT2D eigenvalue weighted by molar-refractivity contribution is 9.10. The van der Waals surface area contributed by atoms with Crippen LogP contribution in [0, 0.1) is 6.92 Å². The van der Waals surface area contributed by atoms with Crippen molar-refractivity contribution in [3.05, 3.63) is 28.2 Å². The van der Waals surface area contributed by atoms with Gasteiger partial charge in [-0.1, -0.05) is 6.07 Å². The number of hydrogen-bond acceptors (Lipinski definition) is 3. The van der Waals surface area contributed by atoms with Crippen molar-refractivity contribution in [3.8, 4) is 0 Å². The number of anilines is 1. The lowest BCUT2D eigenvalue weighted by Gasteiger charge is -2.22. The molecule has 1 aromatic carbocycles. The van der Waals surface area contributed by atoms with E-state index in [0.29, 0.717) is 12.2 Å². The Kier molecular flexibility index (Phi) is 7.55. The number of carbonyl (C=O) groups excluding carboxylic acids is 2. The first-order chi connectivity index (χ1) is 10.3. The summed E-state index contributed by atoms with van der Waals surface area (Å²) in [6.45, 7) is 4.99. The summed E-state index contributed by atoms with van der Waals surface area (Å²) in [6, 6.07) is 5.70. The molecule has 0 aliphatic heterocycles. The Hall–Kier alpha value is -1.40. The molecule has 0 saturated carbocycles. The molecular formula is C16H24BrN3O2. The maximum Gasteiger partial charge on any atom is 0.240 e. The van der Waals surface area contributed by atoms with Gasteiger partial charge < -0.3 is 15.1 Å². The summed E-state index contributed by atoms with van der Waals surface area (Å²) in [7, 11) is 3.99. The van der Waals surface area contributed by atoms with E-state index in [-0.39, 0.29) is 18.4 Å². The summed E-state index contributed by atoms with van der Waals surface area (Å²) in [6.07, 6.45) is 0.882. The Labute approximate surface area is 140 Å². The quantitative estimate of drug-likeness (QED) is 0.749. The van der Waals surface area contributed by atoms with Gasteiger partial charge >= 0.3 is 0 Å².